The smallest absolute Gasteiger partial charge is 0.0342 e. The fraction of sp³-hybridized carbons (Fsp3) is 0.333. The topological polar surface area (TPSA) is 26.0 Å². The number of thioether (sulfide) groups is 3. The van der Waals surface area contributed by atoms with Gasteiger partial charge in [-0.15, -0.1) is 35.3 Å². The van der Waals surface area contributed by atoms with Crippen LogP contribution >= 0.6 is 35.3 Å². The van der Waals surface area contributed by atoms with Crippen molar-refractivity contribution >= 4 is 41.4 Å². The molecule has 1 aromatic rings. The Kier molecular flexibility index (Phi) is 6.43. The van der Waals surface area contributed by atoms with Crippen molar-refractivity contribution in [1.82, 2.24) is 0 Å². The van der Waals surface area contributed by atoms with E-state index in [0.717, 1.165) is 0 Å². The van der Waals surface area contributed by atoms with Crippen molar-refractivity contribution < 1.29 is 0 Å². The largest absolute Gasteiger partial charge is 0.327 e. The average Bonchev–Trinajstić information content (AvgIpc) is 2.34. The molecule has 2 N–H and O–H groups in total. The van der Waals surface area contributed by atoms with Crippen LogP contribution in [0.4, 0.5) is 0 Å². The first-order valence-electron chi connectivity index (χ1n) is 4.93. The second-order valence-corrected chi connectivity index (χ2v) is 5.61. The molecule has 0 aromatic heterocycles. The Morgan fingerprint density at radius 3 is 2.00 bits per heavy atom. The lowest BCUT2D eigenvalue weighted by Crippen LogP contribution is -1.92. The molecule has 0 aliphatic rings. The van der Waals surface area contributed by atoms with E-state index < -0.39 is 0 Å². The van der Waals surface area contributed by atoms with Crippen molar-refractivity contribution in [2.24, 2.45) is 5.73 Å². The summed E-state index contributed by atoms with van der Waals surface area (Å²) in [6.07, 6.45) is 10.4. The molecule has 0 aliphatic carbocycles. The first-order valence-corrected chi connectivity index (χ1v) is 8.60. The second kappa shape index (κ2) is 7.33. The summed E-state index contributed by atoms with van der Waals surface area (Å²) in [7, 11) is 0. The van der Waals surface area contributed by atoms with E-state index in [0.29, 0.717) is 6.54 Å². The molecule has 0 bridgehead atoms. The Bertz CT molecular complexity index is 350. The van der Waals surface area contributed by atoms with Crippen LogP contribution in [0, 0.1) is 0 Å². The minimum Gasteiger partial charge on any atom is -0.327 e. The van der Waals surface area contributed by atoms with Gasteiger partial charge in [0.05, 0.1) is 0 Å². The maximum atomic E-state index is 5.47. The second-order valence-electron chi connectivity index (χ2n) is 3.10. The van der Waals surface area contributed by atoms with Crippen molar-refractivity contribution in [1.29, 1.82) is 0 Å². The van der Waals surface area contributed by atoms with Crippen molar-refractivity contribution in [2.45, 2.75) is 14.7 Å². The van der Waals surface area contributed by atoms with Gasteiger partial charge in [0.25, 0.3) is 0 Å². The van der Waals surface area contributed by atoms with Gasteiger partial charge in [0.15, 0.2) is 0 Å². The van der Waals surface area contributed by atoms with Gasteiger partial charge in [-0.25, -0.2) is 0 Å². The van der Waals surface area contributed by atoms with E-state index in [-0.39, 0.29) is 0 Å². The van der Waals surface area contributed by atoms with Crippen LogP contribution in [-0.2, 0) is 0 Å². The SMILES string of the molecule is CSc1cc(/C=C/CN)cc(SC)c1SC. The normalized spacial score (nSPS) is 11.2. The van der Waals surface area contributed by atoms with Gasteiger partial charge < -0.3 is 5.73 Å². The minimum absolute atomic E-state index is 0.591. The van der Waals surface area contributed by atoms with Gasteiger partial charge in [0, 0.05) is 21.2 Å². The van der Waals surface area contributed by atoms with Crippen molar-refractivity contribution in [3.8, 4) is 0 Å². The summed E-state index contributed by atoms with van der Waals surface area (Å²) >= 11 is 5.41. The zero-order chi connectivity index (χ0) is 12.0. The molecule has 0 fully saturated rings. The molecule has 0 amide bonds. The van der Waals surface area contributed by atoms with Gasteiger partial charge in [0.2, 0.25) is 0 Å². The summed E-state index contributed by atoms with van der Waals surface area (Å²) in [6, 6.07) is 4.45. The van der Waals surface area contributed by atoms with Crippen molar-refractivity contribution in [2.75, 3.05) is 25.3 Å². The highest BCUT2D eigenvalue weighted by atomic mass is 32.2. The van der Waals surface area contributed by atoms with E-state index in [2.05, 4.69) is 37.0 Å². The standard InChI is InChI=1S/C12H17NS3/c1-14-10-7-9(5-4-6-13)8-11(15-2)12(10)16-3/h4-5,7-8H,6,13H2,1-3H3/b5-4+. The lowest BCUT2D eigenvalue weighted by molar-refractivity contribution is 1.12. The first kappa shape index (κ1) is 14.0. The monoisotopic (exact) mass is 271 g/mol. The number of hydrogen-bond acceptors (Lipinski definition) is 4. The summed E-state index contributed by atoms with van der Waals surface area (Å²) in [6.45, 7) is 0.591. The van der Waals surface area contributed by atoms with E-state index in [9.17, 15) is 0 Å². The molecule has 0 saturated heterocycles. The van der Waals surface area contributed by atoms with Crippen LogP contribution in [0.15, 0.2) is 32.9 Å². The lowest BCUT2D eigenvalue weighted by Gasteiger charge is -2.11. The lowest BCUT2D eigenvalue weighted by atomic mass is 10.2. The summed E-state index contributed by atoms with van der Waals surface area (Å²) in [5.74, 6) is 0. The van der Waals surface area contributed by atoms with Crippen LogP contribution in [0.25, 0.3) is 6.08 Å². The van der Waals surface area contributed by atoms with Crippen molar-refractivity contribution in [3.05, 3.63) is 23.8 Å². The number of nitrogens with two attached hydrogens (primary N) is 1. The Balaban J connectivity index is 3.20. The predicted octanol–water partition coefficient (Wildman–Crippen LogP) is 3.82. The summed E-state index contributed by atoms with van der Waals surface area (Å²) in [5.41, 5.74) is 6.71. The highest BCUT2D eigenvalue weighted by Crippen LogP contribution is 2.37. The van der Waals surface area contributed by atoms with Gasteiger partial charge in [0.1, 0.15) is 0 Å². The summed E-state index contributed by atoms with van der Waals surface area (Å²) < 4.78 is 0. The number of benzene rings is 1. The third kappa shape index (κ3) is 3.48. The maximum absolute atomic E-state index is 5.47. The van der Waals surface area contributed by atoms with E-state index in [1.165, 1.54) is 20.2 Å². The zero-order valence-electron chi connectivity index (χ0n) is 9.82. The third-order valence-corrected chi connectivity index (χ3v) is 4.76. The van der Waals surface area contributed by atoms with Crippen LogP contribution < -0.4 is 5.73 Å². The molecule has 16 heavy (non-hydrogen) atoms. The zero-order valence-corrected chi connectivity index (χ0v) is 12.3. The number of rotatable bonds is 5. The molecule has 0 saturated carbocycles. The Labute approximate surface area is 111 Å². The molecule has 1 aromatic carbocycles. The molecule has 1 nitrogen and oxygen atoms in total. The van der Waals surface area contributed by atoms with Gasteiger partial charge in [-0.3, -0.25) is 0 Å². The maximum Gasteiger partial charge on any atom is 0.0342 e. The quantitative estimate of drug-likeness (QED) is 0.823. The summed E-state index contributed by atoms with van der Waals surface area (Å²) in [5, 5.41) is 0. The minimum atomic E-state index is 0.591. The average molecular weight is 271 g/mol. The first-order chi connectivity index (χ1) is 7.76. The van der Waals surface area contributed by atoms with Gasteiger partial charge >= 0.3 is 0 Å². The molecule has 0 atom stereocenters. The van der Waals surface area contributed by atoms with Gasteiger partial charge in [-0.1, -0.05) is 12.2 Å². The van der Waals surface area contributed by atoms with E-state index in [4.69, 9.17) is 5.73 Å². The Hall–Kier alpha value is -0.0300. The highest BCUT2D eigenvalue weighted by molar-refractivity contribution is 8.03. The highest BCUT2D eigenvalue weighted by Gasteiger charge is 2.07. The molecule has 0 radical (unpaired) electrons. The molecule has 4 heteroatoms. The fourth-order valence-corrected chi connectivity index (χ4v) is 4.09. The fourth-order valence-electron chi connectivity index (χ4n) is 1.40. The molecule has 1 rings (SSSR count). The molecule has 0 aliphatic heterocycles. The van der Waals surface area contributed by atoms with Gasteiger partial charge in [-0.05, 0) is 36.5 Å². The van der Waals surface area contributed by atoms with Crippen LogP contribution in [0.5, 0.6) is 0 Å². The molecule has 0 spiro atoms. The van der Waals surface area contributed by atoms with E-state index >= 15 is 0 Å². The molecule has 0 unspecified atom stereocenters. The third-order valence-electron chi connectivity index (χ3n) is 2.13. The molecule has 0 heterocycles. The molecule has 88 valence electrons. The van der Waals surface area contributed by atoms with Crippen molar-refractivity contribution in [3.63, 3.8) is 0 Å². The predicted molar refractivity (Wildman–Crippen MR) is 79.9 cm³/mol. The Morgan fingerprint density at radius 2 is 1.62 bits per heavy atom. The Morgan fingerprint density at radius 1 is 1.06 bits per heavy atom. The summed E-state index contributed by atoms with van der Waals surface area (Å²) in [4.78, 5) is 4.07. The van der Waals surface area contributed by atoms with Crippen LogP contribution in [0.3, 0.4) is 0 Å². The van der Waals surface area contributed by atoms with Gasteiger partial charge in [-0.2, -0.15) is 0 Å². The molecular formula is C12H17NS3. The molecular weight excluding hydrogens is 254 g/mol. The van der Waals surface area contributed by atoms with Crippen LogP contribution in [0.1, 0.15) is 5.56 Å². The van der Waals surface area contributed by atoms with E-state index in [1.807, 2.05) is 17.8 Å². The van der Waals surface area contributed by atoms with Crippen LogP contribution in [0.2, 0.25) is 0 Å². The number of hydrogen-bond donors (Lipinski definition) is 1. The van der Waals surface area contributed by atoms with Crippen LogP contribution in [-0.4, -0.2) is 25.3 Å². The van der Waals surface area contributed by atoms with E-state index in [1.54, 1.807) is 23.5 Å².